The van der Waals surface area contributed by atoms with Crippen LogP contribution in [-0.2, 0) is 5.41 Å². The molecule has 2 N–H and O–H groups in total. The summed E-state index contributed by atoms with van der Waals surface area (Å²) in [5.41, 5.74) is 0.136. The van der Waals surface area contributed by atoms with Gasteiger partial charge in [-0.15, -0.1) is 0 Å². The molecule has 0 saturated carbocycles. The molecule has 0 aliphatic rings. The van der Waals surface area contributed by atoms with Gasteiger partial charge in [-0.25, -0.2) is 0 Å². The minimum atomic E-state index is -0.688. The number of ether oxygens (including phenoxy) is 1. The second-order valence-electron chi connectivity index (χ2n) is 3.95. The molecule has 0 bridgehead atoms. The van der Waals surface area contributed by atoms with Gasteiger partial charge in [-0.1, -0.05) is 25.1 Å². The Morgan fingerprint density at radius 2 is 2.00 bits per heavy atom. The van der Waals surface area contributed by atoms with Crippen molar-refractivity contribution in [2.24, 2.45) is 0 Å². The molecule has 0 spiro atoms. The van der Waals surface area contributed by atoms with Gasteiger partial charge in [0.25, 0.3) is 0 Å². The average molecular weight is 210 g/mol. The Balaban J connectivity index is 3.23. The molecule has 0 saturated heterocycles. The topological polar surface area (TPSA) is 49.7 Å². The van der Waals surface area contributed by atoms with Crippen molar-refractivity contribution in [3.8, 4) is 5.75 Å². The lowest BCUT2D eigenvalue weighted by Crippen LogP contribution is -2.38. The third kappa shape index (κ3) is 2.13. The lowest BCUT2D eigenvalue weighted by Gasteiger charge is -2.32. The zero-order chi connectivity index (χ0) is 11.5. The van der Waals surface area contributed by atoms with Crippen LogP contribution in [0.2, 0.25) is 0 Å². The van der Waals surface area contributed by atoms with Gasteiger partial charge in [0.1, 0.15) is 5.75 Å². The van der Waals surface area contributed by atoms with Crippen LogP contribution in [0, 0.1) is 0 Å². The lowest BCUT2D eigenvalue weighted by atomic mass is 9.78. The number of para-hydroxylation sites is 1. The van der Waals surface area contributed by atoms with Crippen LogP contribution in [0.3, 0.4) is 0 Å². The Labute approximate surface area is 90.3 Å². The summed E-state index contributed by atoms with van der Waals surface area (Å²) in [6.07, 6.45) is -0.640. The summed E-state index contributed by atoms with van der Waals surface area (Å²) in [6.45, 7) is 3.36. The predicted octanol–water partition coefficient (Wildman–Crippen LogP) is 1.33. The Hall–Kier alpha value is -1.06. The van der Waals surface area contributed by atoms with Gasteiger partial charge in [0.2, 0.25) is 0 Å². The molecule has 0 aliphatic carbocycles. The molecule has 0 amide bonds. The highest BCUT2D eigenvalue weighted by atomic mass is 16.5. The van der Waals surface area contributed by atoms with Gasteiger partial charge in [-0.2, -0.15) is 0 Å². The van der Waals surface area contributed by atoms with Gasteiger partial charge in [0.15, 0.2) is 0 Å². The van der Waals surface area contributed by atoms with Crippen LogP contribution < -0.4 is 4.74 Å². The summed E-state index contributed by atoms with van der Waals surface area (Å²) in [7, 11) is 1.58. The van der Waals surface area contributed by atoms with E-state index in [0.29, 0.717) is 5.75 Å². The van der Waals surface area contributed by atoms with E-state index in [2.05, 4.69) is 0 Å². The number of aliphatic hydroxyl groups is 2. The van der Waals surface area contributed by atoms with Crippen molar-refractivity contribution in [3.63, 3.8) is 0 Å². The standard InChI is InChI=1S/C12H18O3/c1-9(14)12(2,8-13)10-6-4-5-7-11(10)15-3/h4-7,9,13-14H,8H2,1-3H3/t9-,12+/m0/s1. The fourth-order valence-electron chi connectivity index (χ4n) is 1.56. The normalized spacial score (nSPS) is 16.9. The maximum absolute atomic E-state index is 9.73. The summed E-state index contributed by atoms with van der Waals surface area (Å²) < 4.78 is 5.22. The van der Waals surface area contributed by atoms with Crippen molar-refractivity contribution in [1.82, 2.24) is 0 Å². The molecule has 1 aromatic carbocycles. The molecule has 15 heavy (non-hydrogen) atoms. The van der Waals surface area contributed by atoms with Crippen LogP contribution in [-0.4, -0.2) is 30.0 Å². The van der Waals surface area contributed by atoms with E-state index in [1.807, 2.05) is 31.2 Å². The third-order valence-electron chi connectivity index (χ3n) is 2.97. The molecule has 84 valence electrons. The van der Waals surface area contributed by atoms with Gasteiger partial charge < -0.3 is 14.9 Å². The first kappa shape index (κ1) is 12.0. The molecule has 3 heteroatoms. The van der Waals surface area contributed by atoms with Gasteiger partial charge >= 0.3 is 0 Å². The van der Waals surface area contributed by atoms with E-state index in [1.165, 1.54) is 0 Å². The SMILES string of the molecule is COc1ccccc1[C@](C)(CO)[C@H](C)O. The van der Waals surface area contributed by atoms with Crippen LogP contribution >= 0.6 is 0 Å². The molecule has 0 unspecified atom stereocenters. The maximum Gasteiger partial charge on any atom is 0.122 e. The van der Waals surface area contributed by atoms with E-state index < -0.39 is 11.5 Å². The first-order valence-corrected chi connectivity index (χ1v) is 4.98. The van der Waals surface area contributed by atoms with Gasteiger partial charge in [0, 0.05) is 11.0 Å². The van der Waals surface area contributed by atoms with Gasteiger partial charge in [-0.05, 0) is 13.0 Å². The highest BCUT2D eigenvalue weighted by molar-refractivity contribution is 5.40. The van der Waals surface area contributed by atoms with Crippen LogP contribution in [0.25, 0.3) is 0 Å². The number of methoxy groups -OCH3 is 1. The van der Waals surface area contributed by atoms with Crippen LogP contribution in [0.1, 0.15) is 19.4 Å². The summed E-state index contributed by atoms with van der Waals surface area (Å²) in [5, 5.41) is 19.1. The second kappa shape index (κ2) is 4.64. The maximum atomic E-state index is 9.73. The Morgan fingerprint density at radius 3 is 2.47 bits per heavy atom. The van der Waals surface area contributed by atoms with Gasteiger partial charge in [-0.3, -0.25) is 0 Å². The molecular weight excluding hydrogens is 192 g/mol. The summed E-state index contributed by atoms with van der Waals surface area (Å²) >= 11 is 0. The summed E-state index contributed by atoms with van der Waals surface area (Å²) in [6, 6.07) is 7.42. The van der Waals surface area contributed by atoms with Crippen LogP contribution in [0.5, 0.6) is 5.75 Å². The Kier molecular flexibility index (Phi) is 3.72. The molecule has 0 aromatic heterocycles. The Morgan fingerprint density at radius 1 is 1.40 bits per heavy atom. The highest BCUT2D eigenvalue weighted by Gasteiger charge is 2.33. The first-order chi connectivity index (χ1) is 7.06. The molecule has 2 atom stereocenters. The molecule has 0 fully saturated rings. The minimum absolute atomic E-state index is 0.120. The van der Waals surface area contributed by atoms with Crippen molar-refractivity contribution in [1.29, 1.82) is 0 Å². The van der Waals surface area contributed by atoms with Crippen molar-refractivity contribution in [2.45, 2.75) is 25.4 Å². The molecule has 3 nitrogen and oxygen atoms in total. The fourth-order valence-corrected chi connectivity index (χ4v) is 1.56. The first-order valence-electron chi connectivity index (χ1n) is 4.98. The zero-order valence-corrected chi connectivity index (χ0v) is 9.40. The van der Waals surface area contributed by atoms with E-state index in [-0.39, 0.29) is 6.61 Å². The largest absolute Gasteiger partial charge is 0.496 e. The molecular formula is C12H18O3. The van der Waals surface area contributed by atoms with Crippen LogP contribution in [0.15, 0.2) is 24.3 Å². The highest BCUT2D eigenvalue weighted by Crippen LogP contribution is 2.33. The molecule has 0 aliphatic heterocycles. The molecule has 0 heterocycles. The van der Waals surface area contributed by atoms with Gasteiger partial charge in [0.05, 0.1) is 19.8 Å². The number of aliphatic hydroxyl groups excluding tert-OH is 2. The molecule has 0 radical (unpaired) electrons. The smallest absolute Gasteiger partial charge is 0.122 e. The molecule has 1 rings (SSSR count). The number of hydrogen-bond acceptors (Lipinski definition) is 3. The monoisotopic (exact) mass is 210 g/mol. The summed E-state index contributed by atoms with van der Waals surface area (Å²) in [4.78, 5) is 0. The van der Waals surface area contributed by atoms with E-state index >= 15 is 0 Å². The summed E-state index contributed by atoms with van der Waals surface area (Å²) in [5.74, 6) is 0.690. The van der Waals surface area contributed by atoms with E-state index in [4.69, 9.17) is 4.74 Å². The minimum Gasteiger partial charge on any atom is -0.496 e. The third-order valence-corrected chi connectivity index (χ3v) is 2.97. The van der Waals surface area contributed by atoms with E-state index in [9.17, 15) is 10.2 Å². The van der Waals surface area contributed by atoms with Crippen molar-refractivity contribution >= 4 is 0 Å². The average Bonchev–Trinajstić information content (AvgIpc) is 2.27. The zero-order valence-electron chi connectivity index (χ0n) is 9.40. The number of hydrogen-bond donors (Lipinski definition) is 2. The quantitative estimate of drug-likeness (QED) is 0.788. The van der Waals surface area contributed by atoms with Crippen molar-refractivity contribution in [3.05, 3.63) is 29.8 Å². The Bertz CT molecular complexity index is 322. The lowest BCUT2D eigenvalue weighted by molar-refractivity contribution is 0.0599. The predicted molar refractivity (Wildman–Crippen MR) is 59.1 cm³/mol. The number of rotatable bonds is 4. The van der Waals surface area contributed by atoms with Crippen LogP contribution in [0.4, 0.5) is 0 Å². The van der Waals surface area contributed by atoms with E-state index in [1.54, 1.807) is 14.0 Å². The second-order valence-corrected chi connectivity index (χ2v) is 3.95. The molecule has 1 aromatic rings. The fraction of sp³-hybridized carbons (Fsp3) is 0.500. The number of benzene rings is 1. The van der Waals surface area contributed by atoms with Crippen molar-refractivity contribution < 1.29 is 14.9 Å². The van der Waals surface area contributed by atoms with Crippen molar-refractivity contribution in [2.75, 3.05) is 13.7 Å². The van der Waals surface area contributed by atoms with E-state index in [0.717, 1.165) is 5.56 Å².